The molecule has 3 atom stereocenters. The first-order chi connectivity index (χ1) is 10.2. The summed E-state index contributed by atoms with van der Waals surface area (Å²) >= 11 is 1.37. The molecule has 0 spiro atoms. The van der Waals surface area contributed by atoms with Crippen molar-refractivity contribution in [1.29, 1.82) is 5.26 Å². The molecule has 6 heteroatoms. The van der Waals surface area contributed by atoms with Gasteiger partial charge < -0.3 is 15.3 Å². The summed E-state index contributed by atoms with van der Waals surface area (Å²) in [6.07, 6.45) is 2.31. The highest BCUT2D eigenvalue weighted by molar-refractivity contribution is 7.14. The molecule has 21 heavy (non-hydrogen) atoms. The van der Waals surface area contributed by atoms with Gasteiger partial charge in [-0.05, 0) is 30.2 Å². The van der Waals surface area contributed by atoms with Crippen LogP contribution in [0.2, 0.25) is 0 Å². The largest absolute Gasteiger partial charge is 0.393 e. The third-order valence-corrected chi connectivity index (χ3v) is 5.42. The van der Waals surface area contributed by atoms with Crippen molar-refractivity contribution in [3.63, 3.8) is 0 Å². The van der Waals surface area contributed by atoms with Crippen LogP contribution in [0.3, 0.4) is 0 Å². The smallest absolute Gasteiger partial charge is 0.226 e. The average molecular weight is 305 g/mol. The summed E-state index contributed by atoms with van der Waals surface area (Å²) < 4.78 is 0. The van der Waals surface area contributed by atoms with Gasteiger partial charge in [0, 0.05) is 32.0 Å². The normalized spacial score (nSPS) is 28.3. The van der Waals surface area contributed by atoms with Crippen LogP contribution in [-0.4, -0.2) is 41.7 Å². The van der Waals surface area contributed by atoms with Gasteiger partial charge in [0.1, 0.15) is 11.1 Å². The number of carbonyl (C=O) groups excluding carboxylic acids is 1. The Kier molecular flexibility index (Phi) is 4.24. The van der Waals surface area contributed by atoms with E-state index in [0.717, 1.165) is 32.5 Å². The number of amides is 1. The van der Waals surface area contributed by atoms with Gasteiger partial charge in [-0.3, -0.25) is 4.79 Å². The number of hydrogen-bond donors (Lipinski definition) is 2. The Bertz CT molecular complexity index is 566. The van der Waals surface area contributed by atoms with Crippen LogP contribution >= 0.6 is 11.3 Å². The molecule has 0 aromatic carbocycles. The number of carbonyl (C=O) groups is 1. The van der Waals surface area contributed by atoms with Crippen molar-refractivity contribution in [2.75, 3.05) is 25.0 Å². The van der Waals surface area contributed by atoms with Gasteiger partial charge >= 0.3 is 0 Å². The monoisotopic (exact) mass is 305 g/mol. The molecule has 5 nitrogen and oxygen atoms in total. The highest BCUT2D eigenvalue weighted by Gasteiger charge is 2.41. The first-order valence-corrected chi connectivity index (χ1v) is 8.23. The maximum Gasteiger partial charge on any atom is 0.226 e. The Morgan fingerprint density at radius 1 is 1.52 bits per heavy atom. The molecule has 112 valence electrons. The van der Waals surface area contributed by atoms with Gasteiger partial charge in [-0.2, -0.15) is 5.26 Å². The fourth-order valence-corrected chi connectivity index (χ4v) is 4.21. The highest BCUT2D eigenvalue weighted by Crippen LogP contribution is 2.37. The number of nitriles is 1. The first kappa shape index (κ1) is 14.5. The number of anilines is 1. The molecule has 2 N–H and O–H groups in total. The molecule has 0 bridgehead atoms. The molecule has 1 saturated heterocycles. The number of rotatable bonds is 4. The summed E-state index contributed by atoms with van der Waals surface area (Å²) in [5.41, 5.74) is 0.521. The van der Waals surface area contributed by atoms with Crippen LogP contribution in [0.15, 0.2) is 11.4 Å². The van der Waals surface area contributed by atoms with E-state index < -0.39 is 0 Å². The summed E-state index contributed by atoms with van der Waals surface area (Å²) in [4.78, 5) is 14.2. The zero-order valence-corrected chi connectivity index (χ0v) is 12.6. The molecule has 3 unspecified atom stereocenters. The molecule has 0 radical (unpaired) electrons. The SMILES string of the molecule is N#Cc1ccsc1NC(=O)CCN1CC2CCC(O)C2C1. The fourth-order valence-electron chi connectivity index (χ4n) is 3.45. The van der Waals surface area contributed by atoms with E-state index in [4.69, 9.17) is 5.26 Å². The quantitative estimate of drug-likeness (QED) is 0.887. The van der Waals surface area contributed by atoms with Gasteiger partial charge in [0.25, 0.3) is 0 Å². The van der Waals surface area contributed by atoms with Crippen molar-refractivity contribution in [1.82, 2.24) is 4.90 Å². The van der Waals surface area contributed by atoms with Gasteiger partial charge in [-0.15, -0.1) is 11.3 Å². The Labute approximate surface area is 128 Å². The van der Waals surface area contributed by atoms with Crippen LogP contribution in [0.5, 0.6) is 0 Å². The van der Waals surface area contributed by atoms with Crippen molar-refractivity contribution in [3.05, 3.63) is 17.0 Å². The van der Waals surface area contributed by atoms with E-state index >= 15 is 0 Å². The van der Waals surface area contributed by atoms with E-state index in [1.807, 2.05) is 0 Å². The first-order valence-electron chi connectivity index (χ1n) is 7.35. The van der Waals surface area contributed by atoms with Crippen LogP contribution in [0.1, 0.15) is 24.8 Å². The minimum absolute atomic E-state index is 0.0495. The summed E-state index contributed by atoms with van der Waals surface area (Å²) in [6.45, 7) is 2.62. The standard InChI is InChI=1S/C15H19N3O2S/c16-7-10-4-6-21-15(10)17-14(20)3-5-18-8-11-1-2-13(19)12(11)9-18/h4,6,11-13,19H,1-3,5,8-9H2,(H,17,20). The second-order valence-corrected chi connectivity index (χ2v) is 6.82. The molecule has 1 aliphatic carbocycles. The van der Waals surface area contributed by atoms with Crippen molar-refractivity contribution in [2.45, 2.75) is 25.4 Å². The molecule has 1 aromatic heterocycles. The van der Waals surface area contributed by atoms with E-state index in [-0.39, 0.29) is 12.0 Å². The summed E-state index contributed by atoms with van der Waals surface area (Å²) in [7, 11) is 0. The summed E-state index contributed by atoms with van der Waals surface area (Å²) in [6, 6.07) is 3.78. The van der Waals surface area contributed by atoms with E-state index in [9.17, 15) is 9.90 Å². The van der Waals surface area contributed by atoms with Gasteiger partial charge in [0.15, 0.2) is 0 Å². The molecule has 3 rings (SSSR count). The molecular formula is C15H19N3O2S. The highest BCUT2D eigenvalue weighted by atomic mass is 32.1. The number of thiophene rings is 1. The number of fused-ring (bicyclic) bond motifs is 1. The Morgan fingerprint density at radius 3 is 3.14 bits per heavy atom. The van der Waals surface area contributed by atoms with Crippen molar-refractivity contribution >= 4 is 22.2 Å². The van der Waals surface area contributed by atoms with Crippen molar-refractivity contribution in [3.8, 4) is 6.07 Å². The fraction of sp³-hybridized carbons (Fsp3) is 0.600. The Hall–Kier alpha value is -1.42. The van der Waals surface area contributed by atoms with Crippen LogP contribution in [0, 0.1) is 23.2 Å². The third kappa shape index (κ3) is 3.10. The second-order valence-electron chi connectivity index (χ2n) is 5.90. The molecule has 2 fully saturated rings. The number of aliphatic hydroxyl groups is 1. The Morgan fingerprint density at radius 2 is 2.38 bits per heavy atom. The van der Waals surface area contributed by atoms with Crippen LogP contribution in [0.4, 0.5) is 5.00 Å². The topological polar surface area (TPSA) is 76.4 Å². The second kappa shape index (κ2) is 6.14. The van der Waals surface area contributed by atoms with Gasteiger partial charge in [0.05, 0.1) is 11.7 Å². The Balaban J connectivity index is 1.46. The maximum absolute atomic E-state index is 12.0. The lowest BCUT2D eigenvalue weighted by molar-refractivity contribution is -0.116. The van der Waals surface area contributed by atoms with Gasteiger partial charge in [-0.1, -0.05) is 0 Å². The predicted octanol–water partition coefficient (Wildman–Crippen LogP) is 1.65. The van der Waals surface area contributed by atoms with E-state index in [1.54, 1.807) is 11.4 Å². The van der Waals surface area contributed by atoms with Gasteiger partial charge in [0.2, 0.25) is 5.91 Å². The summed E-state index contributed by atoms with van der Waals surface area (Å²) in [5.74, 6) is 0.952. The molecule has 2 aliphatic rings. The number of nitrogens with zero attached hydrogens (tertiary/aromatic N) is 2. The number of nitrogens with one attached hydrogen (secondary N) is 1. The van der Waals surface area contributed by atoms with E-state index in [1.165, 1.54) is 11.3 Å². The molecule has 2 heterocycles. The lowest BCUT2D eigenvalue weighted by Crippen LogP contribution is -2.28. The van der Waals surface area contributed by atoms with Gasteiger partial charge in [-0.25, -0.2) is 0 Å². The maximum atomic E-state index is 12.0. The molecule has 1 amide bonds. The van der Waals surface area contributed by atoms with Crippen molar-refractivity contribution < 1.29 is 9.90 Å². The van der Waals surface area contributed by atoms with Crippen LogP contribution in [-0.2, 0) is 4.79 Å². The zero-order chi connectivity index (χ0) is 14.8. The van der Waals surface area contributed by atoms with Crippen LogP contribution < -0.4 is 5.32 Å². The average Bonchev–Trinajstić information content (AvgIpc) is 3.15. The predicted molar refractivity (Wildman–Crippen MR) is 80.9 cm³/mol. The molecule has 1 saturated carbocycles. The third-order valence-electron chi connectivity index (χ3n) is 4.59. The lowest BCUT2D eigenvalue weighted by Gasteiger charge is -2.17. The molecular weight excluding hydrogens is 286 g/mol. The van der Waals surface area contributed by atoms with Crippen molar-refractivity contribution in [2.24, 2.45) is 11.8 Å². The minimum Gasteiger partial charge on any atom is -0.393 e. The van der Waals surface area contributed by atoms with E-state index in [0.29, 0.717) is 28.8 Å². The number of hydrogen-bond acceptors (Lipinski definition) is 5. The number of aliphatic hydroxyl groups excluding tert-OH is 1. The molecule has 1 aliphatic heterocycles. The summed E-state index contributed by atoms with van der Waals surface area (Å²) in [5, 5.41) is 24.0. The molecule has 1 aromatic rings. The number of likely N-dealkylation sites (tertiary alicyclic amines) is 1. The zero-order valence-electron chi connectivity index (χ0n) is 11.8. The minimum atomic E-state index is -0.155. The van der Waals surface area contributed by atoms with Crippen LogP contribution in [0.25, 0.3) is 0 Å². The lowest BCUT2D eigenvalue weighted by atomic mass is 10.00. The van der Waals surface area contributed by atoms with E-state index in [2.05, 4.69) is 16.3 Å².